The van der Waals surface area contributed by atoms with Gasteiger partial charge in [0.15, 0.2) is 0 Å². The monoisotopic (exact) mass is 388 g/mol. The number of hydrogen-bond donors (Lipinski definition) is 1. The molecule has 29 heavy (non-hydrogen) atoms. The lowest BCUT2D eigenvalue weighted by Crippen LogP contribution is -2.29. The Morgan fingerprint density at radius 3 is 2.55 bits per heavy atom. The molecule has 2 aromatic heterocycles. The summed E-state index contributed by atoms with van der Waals surface area (Å²) in [5.74, 6) is -0.0765. The summed E-state index contributed by atoms with van der Waals surface area (Å²) in [5, 5.41) is 7.98. The van der Waals surface area contributed by atoms with Crippen molar-refractivity contribution in [2.75, 3.05) is 0 Å². The zero-order valence-corrected chi connectivity index (χ0v) is 16.9. The number of carbonyl (C=O) groups excluding carboxylic acids is 1. The molecule has 1 fully saturated rings. The van der Waals surface area contributed by atoms with Crippen LogP contribution in [0, 0.1) is 0 Å². The highest BCUT2D eigenvalue weighted by Gasteiger charge is 2.23. The summed E-state index contributed by atoms with van der Waals surface area (Å²) in [4.78, 5) is 16.9. The molecule has 1 aromatic carbocycles. The number of benzene rings is 1. The molecule has 5 nitrogen and oxygen atoms in total. The summed E-state index contributed by atoms with van der Waals surface area (Å²) in [5.41, 5.74) is 4.19. The van der Waals surface area contributed by atoms with E-state index in [4.69, 9.17) is 5.10 Å². The van der Waals surface area contributed by atoms with Gasteiger partial charge in [-0.2, -0.15) is 5.10 Å². The molecule has 0 spiro atoms. The fourth-order valence-electron chi connectivity index (χ4n) is 4.26. The third-order valence-electron chi connectivity index (χ3n) is 5.80. The van der Waals surface area contributed by atoms with Crippen LogP contribution in [0.25, 0.3) is 11.3 Å². The standard InChI is InChI=1S/C24H28N4O/c1-2-22(18-8-4-3-5-9-18)24(29)26-17-20-16-23(19-12-14-25-15-13-19)28(27-20)21-10-6-7-11-21/h3-5,8-9,12-16,21-22H,2,6-7,10-11,17H2,1H3,(H,26,29). The second-order valence-electron chi connectivity index (χ2n) is 7.73. The van der Waals surface area contributed by atoms with Gasteiger partial charge in [0.05, 0.1) is 29.9 Å². The van der Waals surface area contributed by atoms with Crippen molar-refractivity contribution in [3.05, 3.63) is 72.2 Å². The first kappa shape index (κ1) is 19.4. The molecule has 0 saturated heterocycles. The van der Waals surface area contributed by atoms with Crippen LogP contribution < -0.4 is 5.32 Å². The number of pyridine rings is 1. The van der Waals surface area contributed by atoms with E-state index in [1.807, 2.05) is 61.8 Å². The summed E-state index contributed by atoms with van der Waals surface area (Å²) in [7, 11) is 0. The van der Waals surface area contributed by atoms with Crippen LogP contribution in [0.2, 0.25) is 0 Å². The van der Waals surface area contributed by atoms with Crippen LogP contribution in [0.5, 0.6) is 0 Å². The fourth-order valence-corrected chi connectivity index (χ4v) is 4.26. The van der Waals surface area contributed by atoms with Gasteiger partial charge in [0.2, 0.25) is 5.91 Å². The first-order chi connectivity index (χ1) is 14.3. The van der Waals surface area contributed by atoms with Gasteiger partial charge in [-0.3, -0.25) is 14.5 Å². The van der Waals surface area contributed by atoms with Gasteiger partial charge < -0.3 is 5.32 Å². The lowest BCUT2D eigenvalue weighted by molar-refractivity contribution is -0.122. The number of carbonyl (C=O) groups is 1. The van der Waals surface area contributed by atoms with E-state index in [2.05, 4.69) is 21.0 Å². The second-order valence-corrected chi connectivity index (χ2v) is 7.73. The van der Waals surface area contributed by atoms with E-state index in [9.17, 15) is 4.79 Å². The largest absolute Gasteiger partial charge is 0.350 e. The molecule has 0 bridgehead atoms. The van der Waals surface area contributed by atoms with Crippen molar-refractivity contribution in [1.82, 2.24) is 20.1 Å². The van der Waals surface area contributed by atoms with Gasteiger partial charge in [-0.05, 0) is 43.0 Å². The summed E-state index contributed by atoms with van der Waals surface area (Å²) >= 11 is 0. The SMILES string of the molecule is CCC(C(=O)NCc1cc(-c2ccncc2)n(C2CCCC2)n1)c1ccccc1. The summed E-state index contributed by atoms with van der Waals surface area (Å²) in [6.07, 6.45) is 9.23. The predicted molar refractivity (Wildman–Crippen MR) is 114 cm³/mol. The van der Waals surface area contributed by atoms with E-state index in [1.165, 1.54) is 12.8 Å². The van der Waals surface area contributed by atoms with Crippen LogP contribution in [0.15, 0.2) is 60.9 Å². The third-order valence-corrected chi connectivity index (χ3v) is 5.80. The predicted octanol–water partition coefficient (Wildman–Crippen LogP) is 4.87. The van der Waals surface area contributed by atoms with E-state index < -0.39 is 0 Å². The minimum absolute atomic E-state index is 0.0552. The molecule has 0 aliphatic heterocycles. The van der Waals surface area contributed by atoms with Crippen molar-refractivity contribution in [1.29, 1.82) is 0 Å². The molecule has 2 heterocycles. The molecule has 1 saturated carbocycles. The van der Waals surface area contributed by atoms with Crippen molar-refractivity contribution in [3.8, 4) is 11.3 Å². The maximum Gasteiger partial charge on any atom is 0.227 e. The Bertz CT molecular complexity index is 930. The Kier molecular flexibility index (Phi) is 6.03. The van der Waals surface area contributed by atoms with E-state index >= 15 is 0 Å². The Balaban J connectivity index is 1.52. The molecule has 5 heteroatoms. The fraction of sp³-hybridized carbons (Fsp3) is 0.375. The molecular weight excluding hydrogens is 360 g/mol. The molecule has 1 atom stereocenters. The maximum atomic E-state index is 12.8. The van der Waals surface area contributed by atoms with Crippen molar-refractivity contribution in [2.24, 2.45) is 0 Å². The number of rotatable bonds is 7. The van der Waals surface area contributed by atoms with Crippen molar-refractivity contribution in [2.45, 2.75) is 57.5 Å². The van der Waals surface area contributed by atoms with Crippen LogP contribution in [0.1, 0.15) is 62.2 Å². The highest BCUT2D eigenvalue weighted by molar-refractivity contribution is 5.83. The molecule has 1 aliphatic carbocycles. The summed E-state index contributed by atoms with van der Waals surface area (Å²) in [6, 6.07) is 16.6. The van der Waals surface area contributed by atoms with Crippen molar-refractivity contribution < 1.29 is 4.79 Å². The quantitative estimate of drug-likeness (QED) is 0.628. The highest BCUT2D eigenvalue weighted by atomic mass is 16.1. The lowest BCUT2D eigenvalue weighted by atomic mass is 9.96. The third kappa shape index (κ3) is 4.39. The molecule has 150 valence electrons. The topological polar surface area (TPSA) is 59.8 Å². The number of nitrogens with zero attached hydrogens (tertiary/aromatic N) is 3. The van der Waals surface area contributed by atoms with Gasteiger partial charge in [0, 0.05) is 18.0 Å². The molecule has 0 radical (unpaired) electrons. The normalized spacial score (nSPS) is 15.3. The van der Waals surface area contributed by atoms with Gasteiger partial charge in [-0.15, -0.1) is 0 Å². The van der Waals surface area contributed by atoms with Gasteiger partial charge >= 0.3 is 0 Å². The van der Waals surface area contributed by atoms with E-state index in [0.717, 1.165) is 41.8 Å². The maximum absolute atomic E-state index is 12.8. The van der Waals surface area contributed by atoms with Gasteiger partial charge in [0.1, 0.15) is 0 Å². The van der Waals surface area contributed by atoms with E-state index in [-0.39, 0.29) is 11.8 Å². The summed E-state index contributed by atoms with van der Waals surface area (Å²) in [6.45, 7) is 2.49. The van der Waals surface area contributed by atoms with Crippen LogP contribution in [-0.4, -0.2) is 20.7 Å². The minimum Gasteiger partial charge on any atom is -0.350 e. The zero-order valence-electron chi connectivity index (χ0n) is 16.9. The molecule has 1 N–H and O–H groups in total. The first-order valence-corrected chi connectivity index (χ1v) is 10.6. The zero-order chi connectivity index (χ0) is 20.1. The smallest absolute Gasteiger partial charge is 0.227 e. The lowest BCUT2D eigenvalue weighted by Gasteiger charge is -2.15. The molecule has 1 aliphatic rings. The van der Waals surface area contributed by atoms with Crippen LogP contribution >= 0.6 is 0 Å². The minimum atomic E-state index is -0.132. The van der Waals surface area contributed by atoms with E-state index in [1.54, 1.807) is 0 Å². The average Bonchev–Trinajstić information content (AvgIpc) is 3.44. The number of amides is 1. The van der Waals surface area contributed by atoms with Gasteiger partial charge in [-0.1, -0.05) is 50.1 Å². The first-order valence-electron chi connectivity index (χ1n) is 10.6. The van der Waals surface area contributed by atoms with Crippen LogP contribution in [0.4, 0.5) is 0 Å². The Morgan fingerprint density at radius 2 is 1.86 bits per heavy atom. The Hall–Kier alpha value is -2.95. The van der Waals surface area contributed by atoms with Crippen LogP contribution in [0.3, 0.4) is 0 Å². The molecule has 1 amide bonds. The van der Waals surface area contributed by atoms with E-state index in [0.29, 0.717) is 12.6 Å². The van der Waals surface area contributed by atoms with Crippen LogP contribution in [-0.2, 0) is 11.3 Å². The Morgan fingerprint density at radius 1 is 1.14 bits per heavy atom. The van der Waals surface area contributed by atoms with Gasteiger partial charge in [0.25, 0.3) is 0 Å². The molecular formula is C24H28N4O. The molecule has 4 rings (SSSR count). The Labute approximate surface area is 172 Å². The number of nitrogens with one attached hydrogen (secondary N) is 1. The number of hydrogen-bond acceptors (Lipinski definition) is 3. The average molecular weight is 389 g/mol. The summed E-state index contributed by atoms with van der Waals surface area (Å²) < 4.78 is 2.17. The van der Waals surface area contributed by atoms with Gasteiger partial charge in [-0.25, -0.2) is 0 Å². The van der Waals surface area contributed by atoms with Crippen molar-refractivity contribution >= 4 is 5.91 Å². The van der Waals surface area contributed by atoms with Crippen molar-refractivity contribution in [3.63, 3.8) is 0 Å². The second kappa shape index (κ2) is 9.03. The molecule has 3 aromatic rings. The highest BCUT2D eigenvalue weighted by Crippen LogP contribution is 2.33. The number of aromatic nitrogens is 3. The molecule has 1 unspecified atom stereocenters.